The molecule has 1 heterocycles. The van der Waals surface area contributed by atoms with Crippen LogP contribution in [0.4, 0.5) is 0 Å². The third-order valence-electron chi connectivity index (χ3n) is 18.1. The van der Waals surface area contributed by atoms with Gasteiger partial charge in [-0.05, 0) is 71.9 Å². The van der Waals surface area contributed by atoms with Gasteiger partial charge in [-0.25, -0.2) is 0 Å². The Morgan fingerprint density at radius 3 is 0.490 bits per heavy atom. The van der Waals surface area contributed by atoms with Crippen LogP contribution in [-0.4, -0.2) is 112 Å². The van der Waals surface area contributed by atoms with Crippen molar-refractivity contribution in [1.82, 2.24) is 29.9 Å². The van der Waals surface area contributed by atoms with Gasteiger partial charge < -0.3 is 86.7 Å². The van der Waals surface area contributed by atoms with Crippen LogP contribution in [0.3, 0.4) is 0 Å². The molecule has 0 aliphatic carbocycles. The molecule has 0 saturated carbocycles. The third-order valence-corrected chi connectivity index (χ3v) is 18.1. The monoisotopic (exact) mass is 1410 g/mol. The summed E-state index contributed by atoms with van der Waals surface area (Å²) in [6.45, 7) is 25.5. The van der Waals surface area contributed by atoms with Crippen LogP contribution in [-0.2, 0) is 0 Å². The normalized spacial score (nSPS) is 12.9. The number of aromatic amines is 6. The van der Waals surface area contributed by atoms with Crippen LogP contribution in [0.25, 0.3) is 65.4 Å². The number of ether oxygens (including phenoxy) is 12. The molecule has 6 N–H and O–H groups in total. The van der Waals surface area contributed by atoms with Gasteiger partial charge in [0, 0.05) is 36.4 Å². The highest BCUT2D eigenvalue weighted by Gasteiger charge is 2.20. The number of benzene rings is 6. The van der Waals surface area contributed by atoms with Gasteiger partial charge in [-0.2, -0.15) is 0 Å². The molecule has 1 aromatic heterocycles. The lowest BCUT2D eigenvalue weighted by Gasteiger charge is -2.16. The van der Waals surface area contributed by atoms with E-state index < -0.39 is 33.4 Å². The maximum Gasteiger partial charge on any atom is 0.259 e. The molecule has 0 saturated heterocycles. The minimum absolute atomic E-state index is 0.0146. The van der Waals surface area contributed by atoms with Crippen LogP contribution in [0.2, 0.25) is 0 Å². The van der Waals surface area contributed by atoms with Crippen LogP contribution in [0, 0.1) is 35.5 Å². The number of hydrogen-bond donors (Lipinski definition) is 6. The number of rotatable bonds is 30. The van der Waals surface area contributed by atoms with E-state index in [9.17, 15) is 0 Å². The van der Waals surface area contributed by atoms with E-state index in [0.29, 0.717) is 0 Å². The van der Waals surface area contributed by atoms with Crippen molar-refractivity contribution in [3.8, 4) is 69.0 Å². The van der Waals surface area contributed by atoms with Gasteiger partial charge in [0.2, 0.25) is 0 Å². The highest BCUT2D eigenvalue weighted by molar-refractivity contribution is 5.84. The minimum atomic E-state index is -0.775. The van der Waals surface area contributed by atoms with Crippen LogP contribution < -0.4 is 90.2 Å². The summed E-state index contributed by atoms with van der Waals surface area (Å²) in [4.78, 5) is 109. The van der Waals surface area contributed by atoms with Gasteiger partial charge in [0.1, 0.15) is 69.0 Å². The molecule has 0 radical (unpaired) electrons. The molecule has 0 aliphatic rings. The highest BCUT2D eigenvalue weighted by atomic mass is 16.5. The Morgan fingerprint density at radius 2 is 0.363 bits per heavy atom. The molecule has 6 atom stereocenters. The Labute approximate surface area is 592 Å². The average Bonchev–Trinajstić information content (AvgIpc) is 0.793. The van der Waals surface area contributed by atoms with Gasteiger partial charge in [-0.15, -0.1) is 0 Å². The Bertz CT molecular complexity index is 4090. The molecule has 24 heteroatoms. The number of hydrogen-bond acceptors (Lipinski definition) is 18. The Balaban J connectivity index is 1.84. The smallest absolute Gasteiger partial charge is 0.259 e. The molecular weight excluding hydrogens is 1310 g/mol. The Kier molecular flexibility index (Phi) is 29.0. The van der Waals surface area contributed by atoms with Crippen LogP contribution >= 0.6 is 0 Å². The first-order valence-electron chi connectivity index (χ1n) is 34.9. The van der Waals surface area contributed by atoms with E-state index in [1.807, 2.05) is 83.1 Å². The molecule has 0 fully saturated rings. The summed E-state index contributed by atoms with van der Waals surface area (Å²) in [5.41, 5.74) is -4.18. The van der Waals surface area contributed by atoms with Crippen molar-refractivity contribution in [1.29, 1.82) is 0 Å². The third kappa shape index (κ3) is 20.0. The maximum absolute atomic E-state index is 15.2. The van der Waals surface area contributed by atoms with E-state index in [1.165, 1.54) is 97.3 Å². The predicted octanol–water partition coefficient (Wildman–Crippen LogP) is 14.4. The molecule has 102 heavy (non-hydrogen) atoms. The van der Waals surface area contributed by atoms with Crippen molar-refractivity contribution >= 4 is 65.4 Å². The first-order valence-corrected chi connectivity index (χ1v) is 34.9. The zero-order chi connectivity index (χ0) is 74.5. The predicted molar refractivity (Wildman–Crippen MR) is 404 cm³/mol. The van der Waals surface area contributed by atoms with E-state index >= 15 is 28.8 Å². The summed E-state index contributed by atoms with van der Waals surface area (Å²) in [5, 5.41) is -0.749. The second kappa shape index (κ2) is 37.4. The molecule has 12 bridgehead atoms. The fraction of sp³-hybridized carbons (Fsp3) is 0.462. The van der Waals surface area contributed by atoms with Crippen molar-refractivity contribution in [2.45, 2.75) is 122 Å². The number of H-pyrrole nitrogens is 6. The largest absolute Gasteiger partial charge is 0.496 e. The van der Waals surface area contributed by atoms with Gasteiger partial charge in [-0.3, -0.25) is 28.8 Å². The fourth-order valence-corrected chi connectivity index (χ4v) is 9.98. The topological polar surface area (TPSA) is 308 Å². The molecule has 0 unspecified atom stereocenters. The minimum Gasteiger partial charge on any atom is -0.496 e. The van der Waals surface area contributed by atoms with Crippen LogP contribution in [0.15, 0.2) is 102 Å². The molecule has 0 amide bonds. The second-order valence-corrected chi connectivity index (χ2v) is 26.0. The van der Waals surface area contributed by atoms with Gasteiger partial charge >= 0.3 is 0 Å². The summed E-state index contributed by atoms with van der Waals surface area (Å²) < 4.78 is 73.9. The molecule has 0 spiro atoms. The standard InChI is InChI=1S/C78H102N6O18/c1-19-43(7)37-97-67-34-68(98-38-44(8)20-2)56-28-55(67)79-73(85)49-25-50(62(92-14)31-61(49)91-13)75(87)81-57-29-58(70(100-40-46(10)22-4)35-69(57)99-39-45(9)21-3)83-77(89)53-27-54(66(96-18)33-65(53)95-17)78(90)84-60-30-59(71(101-41-47(11)23-5)36-72(60)102-42-48(12)24-6)82-76(88)52-26-51(74(86)80-56)63(93-15)32-64(52)94-16/h25-36,43-48H,19-24,37-42H2,1-18H3,(H,79,85)(H,80,86)(H,81,87)(H,82,88)(H,83,89)(H,84,90)/t43-,44-,45-,46-,47-,48-/m1/s1. The lowest BCUT2D eigenvalue weighted by Crippen LogP contribution is -2.13. The van der Waals surface area contributed by atoms with E-state index in [1.54, 1.807) is 18.2 Å². The molecular formula is C78H102N6O18. The van der Waals surface area contributed by atoms with Crippen molar-refractivity contribution in [2.75, 3.05) is 82.3 Å². The van der Waals surface area contributed by atoms with E-state index in [-0.39, 0.29) is 210 Å². The van der Waals surface area contributed by atoms with Crippen molar-refractivity contribution in [3.63, 3.8) is 0 Å². The first-order chi connectivity index (χ1) is 48.9. The Morgan fingerprint density at radius 1 is 0.225 bits per heavy atom. The molecule has 24 nitrogen and oxygen atoms in total. The number of aromatic nitrogens is 6. The van der Waals surface area contributed by atoms with Gasteiger partial charge in [0.15, 0.2) is 0 Å². The lowest BCUT2D eigenvalue weighted by atomic mass is 10.1. The number of nitrogens with one attached hydrogen (secondary N) is 6. The van der Waals surface area contributed by atoms with E-state index in [2.05, 4.69) is 29.9 Å². The quantitative estimate of drug-likeness (QED) is 0.0244. The SMILES string of the molecule is CC[C@@H](C)COc1cc(OC[C@H](C)CC)c2cc1[nH]c(=O)c1cc(c(OC)cc1OC)c(=O)[nH]c1cc([nH]c(=O)c3cc(c(OC)cc3OC)c(=O)[nH]c3cc([nH]c(=O)c4cc(c(OC)cc4OC)c(=O)[nH]2)c(OC[C@H](C)CC)cc3OC[C@H](C)CC)c(OC[C@H](C)CC)cc1OC[C@H](C)CC. The van der Waals surface area contributed by atoms with Crippen molar-refractivity contribution in [3.05, 3.63) is 135 Å². The highest BCUT2D eigenvalue weighted by Crippen LogP contribution is 2.36. The molecule has 6 aromatic carbocycles. The van der Waals surface area contributed by atoms with Crippen LogP contribution in [0.1, 0.15) is 122 Å². The molecule has 552 valence electrons. The average molecular weight is 1410 g/mol. The maximum atomic E-state index is 15.2. The van der Waals surface area contributed by atoms with Gasteiger partial charge in [0.05, 0.1) is 148 Å². The zero-order valence-electron chi connectivity index (χ0n) is 62.2. The summed E-state index contributed by atoms with van der Waals surface area (Å²) >= 11 is 0. The summed E-state index contributed by atoms with van der Waals surface area (Å²) in [6, 6.07) is 17.3. The van der Waals surface area contributed by atoms with E-state index in [0.717, 1.165) is 38.5 Å². The van der Waals surface area contributed by atoms with Crippen molar-refractivity contribution < 1.29 is 56.8 Å². The zero-order valence-corrected chi connectivity index (χ0v) is 62.2. The molecule has 7 aromatic rings. The van der Waals surface area contributed by atoms with Crippen molar-refractivity contribution in [2.24, 2.45) is 35.5 Å². The summed E-state index contributed by atoms with van der Waals surface area (Å²) in [6.07, 6.45) is 4.55. The van der Waals surface area contributed by atoms with E-state index in [4.69, 9.17) is 56.8 Å². The first kappa shape index (κ1) is 79.1. The second-order valence-electron chi connectivity index (χ2n) is 26.0. The van der Waals surface area contributed by atoms with Gasteiger partial charge in [-0.1, -0.05) is 122 Å². The number of fused-ring (bicyclic) bond motifs is 12. The molecule has 0 aliphatic heterocycles. The molecule has 7 rings (SSSR count). The summed E-state index contributed by atoms with van der Waals surface area (Å²) in [5.74, 6) is 1.51. The lowest BCUT2D eigenvalue weighted by molar-refractivity contribution is 0.247. The number of methoxy groups -OCH3 is 6. The van der Waals surface area contributed by atoms with Gasteiger partial charge in [0.25, 0.3) is 33.4 Å². The van der Waals surface area contributed by atoms with Crippen LogP contribution in [0.5, 0.6) is 69.0 Å². The summed E-state index contributed by atoms with van der Waals surface area (Å²) in [7, 11) is 8.15. The fourth-order valence-electron chi connectivity index (χ4n) is 9.98. The Hall–Kier alpha value is -10.3.